The van der Waals surface area contributed by atoms with Gasteiger partial charge in [-0.2, -0.15) is 4.98 Å². The van der Waals surface area contributed by atoms with Gasteiger partial charge >= 0.3 is 0 Å². The molecule has 0 aliphatic carbocycles. The molecule has 1 aromatic heterocycles. The van der Waals surface area contributed by atoms with Crippen molar-refractivity contribution in [3.8, 4) is 11.4 Å². The van der Waals surface area contributed by atoms with Gasteiger partial charge in [0.15, 0.2) is 5.11 Å². The predicted octanol–water partition coefficient (Wildman–Crippen LogP) is 6.19. The molecule has 1 aliphatic heterocycles. The highest BCUT2D eigenvalue weighted by Gasteiger charge is 2.34. The zero-order valence-electron chi connectivity index (χ0n) is 19.1. The summed E-state index contributed by atoms with van der Waals surface area (Å²) in [6, 6.07) is 19.9. The van der Waals surface area contributed by atoms with Gasteiger partial charge in [0.25, 0.3) is 5.89 Å². The molecule has 1 unspecified atom stereocenters. The lowest BCUT2D eigenvalue weighted by molar-refractivity contribution is 0.396. The summed E-state index contributed by atoms with van der Waals surface area (Å²) >= 11 is 5.74. The van der Waals surface area contributed by atoms with Gasteiger partial charge in [0.05, 0.1) is 11.6 Å². The van der Waals surface area contributed by atoms with Crippen LogP contribution in [0.4, 0.5) is 8.78 Å². The van der Waals surface area contributed by atoms with Crippen molar-refractivity contribution in [1.82, 2.24) is 20.4 Å². The average Bonchev–Trinajstić information content (AvgIpc) is 3.32. The highest BCUT2D eigenvalue weighted by molar-refractivity contribution is 7.80. The minimum Gasteiger partial charge on any atom is -0.351 e. The minimum atomic E-state index is -0.418. The molecule has 8 heteroatoms. The van der Waals surface area contributed by atoms with Gasteiger partial charge < -0.3 is 14.7 Å². The molecule has 0 saturated heterocycles. The molecule has 5 rings (SSSR count). The third-order valence-corrected chi connectivity index (χ3v) is 6.32. The van der Waals surface area contributed by atoms with E-state index in [2.05, 4.69) is 21.5 Å². The Hall–Kier alpha value is -3.91. The Kier molecular flexibility index (Phi) is 6.13. The highest BCUT2D eigenvalue weighted by atomic mass is 32.1. The Labute approximate surface area is 207 Å². The smallest absolute Gasteiger partial charge is 0.258 e. The normalized spacial score (nSPS) is 15.9. The van der Waals surface area contributed by atoms with Crippen molar-refractivity contribution in [2.24, 2.45) is 0 Å². The Morgan fingerprint density at radius 2 is 1.66 bits per heavy atom. The fraction of sp³-hybridized carbons (Fsp3) is 0.148. The second-order valence-electron chi connectivity index (χ2n) is 8.44. The molecule has 5 nitrogen and oxygen atoms in total. The number of rotatable bonds is 5. The van der Waals surface area contributed by atoms with Gasteiger partial charge in [0.2, 0.25) is 5.82 Å². The van der Waals surface area contributed by atoms with Crippen LogP contribution in [0, 0.1) is 18.6 Å². The molecule has 0 saturated carbocycles. The van der Waals surface area contributed by atoms with E-state index < -0.39 is 6.04 Å². The molecule has 1 N–H and O–H groups in total. The number of allylic oxidation sites excluding steroid dienone is 1. The fourth-order valence-electron chi connectivity index (χ4n) is 4.20. The Bertz CT molecular complexity index is 1410. The molecule has 1 aliphatic rings. The number of nitrogens with zero attached hydrogens (tertiary/aromatic N) is 3. The number of thiocarbonyl (C=S) groups is 1. The zero-order valence-corrected chi connectivity index (χ0v) is 19.9. The van der Waals surface area contributed by atoms with Crippen molar-refractivity contribution >= 4 is 22.9 Å². The van der Waals surface area contributed by atoms with E-state index in [9.17, 15) is 8.78 Å². The fourth-order valence-corrected chi connectivity index (χ4v) is 4.52. The molecule has 0 radical (unpaired) electrons. The lowest BCUT2D eigenvalue weighted by Gasteiger charge is -2.37. The van der Waals surface area contributed by atoms with Gasteiger partial charge in [-0.1, -0.05) is 47.1 Å². The lowest BCUT2D eigenvalue weighted by atomic mass is 9.94. The van der Waals surface area contributed by atoms with Crippen molar-refractivity contribution in [1.29, 1.82) is 0 Å². The molecule has 176 valence electrons. The summed E-state index contributed by atoms with van der Waals surface area (Å²) < 4.78 is 32.7. The van der Waals surface area contributed by atoms with Gasteiger partial charge in [0, 0.05) is 17.8 Å². The summed E-state index contributed by atoms with van der Waals surface area (Å²) in [5, 5.41) is 8.04. The topological polar surface area (TPSA) is 54.2 Å². The first-order valence-corrected chi connectivity index (χ1v) is 11.5. The van der Waals surface area contributed by atoms with Crippen molar-refractivity contribution in [2.75, 3.05) is 0 Å². The minimum absolute atomic E-state index is 0.306. The summed E-state index contributed by atoms with van der Waals surface area (Å²) in [4.78, 5) is 6.60. The largest absolute Gasteiger partial charge is 0.351 e. The molecule has 0 spiro atoms. The van der Waals surface area contributed by atoms with E-state index in [1.165, 1.54) is 24.3 Å². The van der Waals surface area contributed by atoms with Crippen LogP contribution in [0.2, 0.25) is 0 Å². The van der Waals surface area contributed by atoms with E-state index in [-0.39, 0.29) is 11.6 Å². The van der Waals surface area contributed by atoms with Crippen LogP contribution in [0.3, 0.4) is 0 Å². The molecule has 4 aromatic rings. The maximum atomic E-state index is 13.6. The van der Waals surface area contributed by atoms with Crippen molar-refractivity contribution in [2.45, 2.75) is 26.4 Å². The van der Waals surface area contributed by atoms with E-state index in [1.807, 2.05) is 36.9 Å². The van der Waals surface area contributed by atoms with Gasteiger partial charge in [-0.3, -0.25) is 0 Å². The first-order chi connectivity index (χ1) is 16.9. The molecule has 35 heavy (non-hydrogen) atoms. The number of aryl methyl sites for hydroxylation is 1. The van der Waals surface area contributed by atoms with Gasteiger partial charge in [0.1, 0.15) is 11.6 Å². The second kappa shape index (κ2) is 9.38. The highest BCUT2D eigenvalue weighted by Crippen LogP contribution is 2.38. The number of halogens is 2. The third kappa shape index (κ3) is 4.70. The van der Waals surface area contributed by atoms with E-state index in [1.54, 1.807) is 24.3 Å². The van der Waals surface area contributed by atoms with E-state index in [0.29, 0.717) is 28.9 Å². The third-order valence-electron chi connectivity index (χ3n) is 5.98. The van der Waals surface area contributed by atoms with Crippen molar-refractivity contribution < 1.29 is 13.3 Å². The SMILES string of the molecule is CC1=C(c2nc(-c3ccc(F)cc3)no2)C(c2ccc(F)cc2)NC(=S)N1Cc1cccc(C)c1. The average molecular weight is 489 g/mol. The quantitative estimate of drug-likeness (QED) is 0.338. The molecule has 0 bridgehead atoms. The van der Waals surface area contributed by atoms with Crippen molar-refractivity contribution in [3.05, 3.63) is 113 Å². The summed E-state index contributed by atoms with van der Waals surface area (Å²) in [5.41, 5.74) is 5.28. The van der Waals surface area contributed by atoms with Crippen LogP contribution < -0.4 is 5.32 Å². The van der Waals surface area contributed by atoms with Crippen molar-refractivity contribution in [3.63, 3.8) is 0 Å². The van der Waals surface area contributed by atoms with Gasteiger partial charge in [-0.25, -0.2) is 8.78 Å². The lowest BCUT2D eigenvalue weighted by Crippen LogP contribution is -2.45. The van der Waals surface area contributed by atoms with E-state index in [0.717, 1.165) is 28.0 Å². The molecule has 2 heterocycles. The molecule has 0 amide bonds. The first kappa shape index (κ1) is 22.9. The second-order valence-corrected chi connectivity index (χ2v) is 8.83. The van der Waals surface area contributed by atoms with E-state index in [4.69, 9.17) is 16.7 Å². The summed E-state index contributed by atoms with van der Waals surface area (Å²) in [6.45, 7) is 4.55. The summed E-state index contributed by atoms with van der Waals surface area (Å²) in [6.07, 6.45) is 0. The van der Waals surface area contributed by atoms with Crippen LogP contribution in [0.5, 0.6) is 0 Å². The van der Waals surface area contributed by atoms with Crippen LogP contribution in [-0.2, 0) is 6.54 Å². The van der Waals surface area contributed by atoms with Crippen LogP contribution in [0.1, 0.15) is 35.5 Å². The van der Waals surface area contributed by atoms with Gasteiger partial charge in [-0.05, 0) is 73.6 Å². The Morgan fingerprint density at radius 3 is 2.34 bits per heavy atom. The standard InChI is InChI=1S/C27H22F2N4OS/c1-16-4-3-5-18(14-16)15-33-17(2)23(24(30-27(33)35)19-6-10-21(28)11-7-19)26-31-25(32-34-26)20-8-12-22(29)13-9-20/h3-14,24H,15H2,1-2H3,(H,30,35). The molecule has 0 fully saturated rings. The number of hydrogen-bond donors (Lipinski definition) is 1. The van der Waals surface area contributed by atoms with Gasteiger partial charge in [-0.15, -0.1) is 0 Å². The monoisotopic (exact) mass is 488 g/mol. The summed E-state index contributed by atoms with van der Waals surface area (Å²) in [5.74, 6) is -0.0204. The van der Waals surface area contributed by atoms with Crippen LogP contribution in [0.15, 0.2) is 83.0 Å². The molecule has 3 aromatic carbocycles. The molecular weight excluding hydrogens is 466 g/mol. The Balaban J connectivity index is 1.59. The zero-order chi connectivity index (χ0) is 24.5. The van der Waals surface area contributed by atoms with Crippen LogP contribution in [0.25, 0.3) is 17.0 Å². The number of nitrogens with one attached hydrogen (secondary N) is 1. The summed E-state index contributed by atoms with van der Waals surface area (Å²) in [7, 11) is 0. The van der Waals surface area contributed by atoms with Crippen LogP contribution >= 0.6 is 12.2 Å². The number of hydrogen-bond acceptors (Lipinski definition) is 4. The molecule has 1 atom stereocenters. The maximum Gasteiger partial charge on any atom is 0.258 e. The maximum absolute atomic E-state index is 13.6. The van der Waals surface area contributed by atoms with E-state index >= 15 is 0 Å². The molecular formula is C27H22F2N4OS. The predicted molar refractivity (Wildman–Crippen MR) is 134 cm³/mol. The Morgan fingerprint density at radius 1 is 0.971 bits per heavy atom. The number of benzene rings is 3. The van der Waals surface area contributed by atoms with Crippen LogP contribution in [-0.4, -0.2) is 20.2 Å². The number of aromatic nitrogens is 2. The first-order valence-electron chi connectivity index (χ1n) is 11.1.